The number of amides is 2. The molecule has 0 saturated heterocycles. The lowest BCUT2D eigenvalue weighted by molar-refractivity contribution is -0.122. The number of aromatic nitrogens is 1. The van der Waals surface area contributed by atoms with Crippen LogP contribution in [0.3, 0.4) is 0 Å². The Morgan fingerprint density at radius 2 is 2.12 bits per heavy atom. The maximum Gasteiger partial charge on any atom is 0.268 e. The van der Waals surface area contributed by atoms with Crippen LogP contribution in [0.5, 0.6) is 0 Å². The fourth-order valence-corrected chi connectivity index (χ4v) is 1.37. The van der Waals surface area contributed by atoms with Crippen molar-refractivity contribution in [2.75, 3.05) is 12.8 Å². The lowest BCUT2D eigenvalue weighted by Gasteiger charge is -2.12. The predicted molar refractivity (Wildman–Crippen MR) is 60.8 cm³/mol. The number of anilines is 1. The van der Waals surface area contributed by atoms with Crippen molar-refractivity contribution in [3.8, 4) is 0 Å². The van der Waals surface area contributed by atoms with Gasteiger partial charge in [0.1, 0.15) is 11.7 Å². The van der Waals surface area contributed by atoms with Crippen LogP contribution in [0.4, 0.5) is 5.69 Å². The maximum absolute atomic E-state index is 11.7. The fraction of sp³-hybridized carbons (Fsp3) is 0.400. The van der Waals surface area contributed by atoms with Crippen LogP contribution >= 0.6 is 0 Å². The van der Waals surface area contributed by atoms with Crippen LogP contribution in [0.2, 0.25) is 0 Å². The van der Waals surface area contributed by atoms with Gasteiger partial charge in [0.25, 0.3) is 5.91 Å². The van der Waals surface area contributed by atoms with Crippen molar-refractivity contribution >= 4 is 17.5 Å². The second-order valence-corrected chi connectivity index (χ2v) is 3.58. The molecule has 4 N–H and O–H groups in total. The van der Waals surface area contributed by atoms with Gasteiger partial charge in [0.15, 0.2) is 0 Å². The van der Waals surface area contributed by atoms with E-state index in [2.05, 4.69) is 10.6 Å². The highest BCUT2D eigenvalue weighted by atomic mass is 16.2. The molecular formula is C10H16N4O2. The first-order valence-corrected chi connectivity index (χ1v) is 4.90. The SMILES string of the molecule is CNC(=O)C(C)NC(=O)c1cc(N)cn1C. The van der Waals surface area contributed by atoms with Crippen LogP contribution in [0.1, 0.15) is 17.4 Å². The normalized spacial score (nSPS) is 11.9. The summed E-state index contributed by atoms with van der Waals surface area (Å²) in [5.41, 5.74) is 6.49. The molecule has 0 spiro atoms. The van der Waals surface area contributed by atoms with Gasteiger partial charge >= 0.3 is 0 Å². The maximum atomic E-state index is 11.7. The fourth-order valence-electron chi connectivity index (χ4n) is 1.37. The van der Waals surface area contributed by atoms with Gasteiger partial charge in [-0.25, -0.2) is 0 Å². The number of aryl methyl sites for hydroxylation is 1. The van der Waals surface area contributed by atoms with Gasteiger partial charge in [-0.2, -0.15) is 0 Å². The van der Waals surface area contributed by atoms with Crippen molar-refractivity contribution in [1.82, 2.24) is 15.2 Å². The van der Waals surface area contributed by atoms with Crippen molar-refractivity contribution < 1.29 is 9.59 Å². The summed E-state index contributed by atoms with van der Waals surface area (Å²) in [5.74, 6) is -0.564. The molecule has 0 aromatic carbocycles. The van der Waals surface area contributed by atoms with Gasteiger partial charge in [-0.1, -0.05) is 0 Å². The number of nitrogen functional groups attached to an aromatic ring is 1. The summed E-state index contributed by atoms with van der Waals surface area (Å²) in [6.07, 6.45) is 1.64. The van der Waals surface area contributed by atoms with E-state index in [0.29, 0.717) is 11.4 Å². The molecule has 0 fully saturated rings. The van der Waals surface area contributed by atoms with E-state index >= 15 is 0 Å². The molecule has 0 radical (unpaired) electrons. The number of nitrogens with one attached hydrogen (secondary N) is 2. The summed E-state index contributed by atoms with van der Waals surface area (Å²) in [5, 5.41) is 5.03. The molecule has 16 heavy (non-hydrogen) atoms. The molecule has 88 valence electrons. The van der Waals surface area contributed by atoms with E-state index in [9.17, 15) is 9.59 Å². The van der Waals surface area contributed by atoms with Crippen LogP contribution in [0.25, 0.3) is 0 Å². The standard InChI is InChI=1S/C10H16N4O2/c1-6(9(15)12-2)13-10(16)8-4-7(11)5-14(8)3/h4-6H,11H2,1-3H3,(H,12,15)(H,13,16). The Labute approximate surface area is 93.8 Å². The number of nitrogens with two attached hydrogens (primary N) is 1. The van der Waals surface area contributed by atoms with E-state index in [1.54, 1.807) is 30.8 Å². The summed E-state index contributed by atoms with van der Waals surface area (Å²) in [6, 6.07) is 0.986. The van der Waals surface area contributed by atoms with E-state index in [4.69, 9.17) is 5.73 Å². The molecule has 1 aromatic rings. The predicted octanol–water partition coefficient (Wildman–Crippen LogP) is -0.528. The van der Waals surface area contributed by atoms with Crippen molar-refractivity contribution in [3.63, 3.8) is 0 Å². The second-order valence-electron chi connectivity index (χ2n) is 3.58. The summed E-state index contributed by atoms with van der Waals surface area (Å²) < 4.78 is 1.61. The molecule has 0 aliphatic rings. The largest absolute Gasteiger partial charge is 0.397 e. The first kappa shape index (κ1) is 12.1. The topological polar surface area (TPSA) is 89.2 Å². The average molecular weight is 224 g/mol. The molecule has 6 heteroatoms. The molecule has 1 rings (SSSR count). The summed E-state index contributed by atoms with van der Waals surface area (Å²) in [6.45, 7) is 1.61. The van der Waals surface area contributed by atoms with Gasteiger partial charge in [0, 0.05) is 20.3 Å². The molecule has 1 aromatic heterocycles. The molecular weight excluding hydrogens is 208 g/mol. The monoisotopic (exact) mass is 224 g/mol. The minimum atomic E-state index is -0.575. The van der Waals surface area contributed by atoms with Gasteiger partial charge in [-0.3, -0.25) is 9.59 Å². The Morgan fingerprint density at radius 3 is 2.56 bits per heavy atom. The highest BCUT2D eigenvalue weighted by molar-refractivity contribution is 5.97. The Balaban J connectivity index is 2.73. The van der Waals surface area contributed by atoms with E-state index in [1.807, 2.05) is 0 Å². The molecule has 1 unspecified atom stereocenters. The molecule has 0 bridgehead atoms. The minimum absolute atomic E-state index is 0.240. The van der Waals surface area contributed by atoms with Gasteiger partial charge in [-0.15, -0.1) is 0 Å². The van der Waals surface area contributed by atoms with Crippen LogP contribution in [0.15, 0.2) is 12.3 Å². The van der Waals surface area contributed by atoms with E-state index in [-0.39, 0.29) is 11.8 Å². The number of hydrogen-bond acceptors (Lipinski definition) is 3. The molecule has 6 nitrogen and oxygen atoms in total. The molecule has 0 aliphatic carbocycles. The van der Waals surface area contributed by atoms with Gasteiger partial charge in [0.05, 0.1) is 5.69 Å². The number of rotatable bonds is 3. The summed E-state index contributed by atoms with van der Waals surface area (Å²) in [4.78, 5) is 23.0. The van der Waals surface area contributed by atoms with Crippen LogP contribution in [-0.4, -0.2) is 29.5 Å². The number of likely N-dealkylation sites (N-methyl/N-ethyl adjacent to an activating group) is 1. The van der Waals surface area contributed by atoms with Gasteiger partial charge in [-0.05, 0) is 13.0 Å². The second kappa shape index (κ2) is 4.69. The Bertz CT molecular complexity index is 411. The molecule has 2 amide bonds. The number of carbonyl (C=O) groups is 2. The van der Waals surface area contributed by atoms with Crippen LogP contribution < -0.4 is 16.4 Å². The Morgan fingerprint density at radius 1 is 1.50 bits per heavy atom. The molecule has 0 aliphatic heterocycles. The third-order valence-electron chi connectivity index (χ3n) is 2.25. The zero-order valence-corrected chi connectivity index (χ0v) is 9.57. The van der Waals surface area contributed by atoms with E-state index < -0.39 is 6.04 Å². The third kappa shape index (κ3) is 2.53. The highest BCUT2D eigenvalue weighted by Gasteiger charge is 2.17. The number of hydrogen-bond donors (Lipinski definition) is 3. The van der Waals surface area contributed by atoms with Gasteiger partial charge < -0.3 is 20.9 Å². The van der Waals surface area contributed by atoms with Crippen molar-refractivity contribution in [2.24, 2.45) is 7.05 Å². The molecule has 1 atom stereocenters. The van der Waals surface area contributed by atoms with Gasteiger partial charge in [0.2, 0.25) is 5.91 Å². The summed E-state index contributed by atoms with van der Waals surface area (Å²) >= 11 is 0. The van der Waals surface area contributed by atoms with Crippen molar-refractivity contribution in [1.29, 1.82) is 0 Å². The van der Waals surface area contributed by atoms with Crippen LogP contribution in [0, 0.1) is 0 Å². The molecule has 0 saturated carbocycles. The quantitative estimate of drug-likeness (QED) is 0.645. The zero-order valence-electron chi connectivity index (χ0n) is 9.57. The Kier molecular flexibility index (Phi) is 3.55. The number of carbonyl (C=O) groups excluding carboxylic acids is 2. The first-order chi connectivity index (χ1) is 7.45. The first-order valence-electron chi connectivity index (χ1n) is 4.90. The smallest absolute Gasteiger partial charge is 0.268 e. The summed E-state index contributed by atoms with van der Waals surface area (Å²) in [7, 11) is 3.24. The minimum Gasteiger partial charge on any atom is -0.397 e. The Hall–Kier alpha value is -1.98. The van der Waals surface area contributed by atoms with Crippen molar-refractivity contribution in [3.05, 3.63) is 18.0 Å². The van der Waals surface area contributed by atoms with Crippen molar-refractivity contribution in [2.45, 2.75) is 13.0 Å². The van der Waals surface area contributed by atoms with Crippen LogP contribution in [-0.2, 0) is 11.8 Å². The lowest BCUT2D eigenvalue weighted by Crippen LogP contribution is -2.44. The lowest BCUT2D eigenvalue weighted by atomic mass is 10.3. The third-order valence-corrected chi connectivity index (χ3v) is 2.25. The molecule has 1 heterocycles. The number of nitrogens with zero attached hydrogens (tertiary/aromatic N) is 1. The zero-order chi connectivity index (χ0) is 12.3. The highest BCUT2D eigenvalue weighted by Crippen LogP contribution is 2.08. The average Bonchev–Trinajstić information content (AvgIpc) is 2.56. The van der Waals surface area contributed by atoms with E-state index in [1.165, 1.54) is 7.05 Å². The van der Waals surface area contributed by atoms with E-state index in [0.717, 1.165) is 0 Å².